The van der Waals surface area contributed by atoms with E-state index in [1.54, 1.807) is 0 Å². The van der Waals surface area contributed by atoms with E-state index in [4.69, 9.17) is 15.0 Å². The number of fused-ring (bicyclic) bond motifs is 6. The maximum atomic E-state index is 5.69. The molecule has 0 saturated heterocycles. The second kappa shape index (κ2) is 18.0. The van der Waals surface area contributed by atoms with Crippen LogP contribution >= 0.6 is 0 Å². The zero-order valence-electron chi connectivity index (χ0n) is 47.4. The average Bonchev–Trinajstić information content (AvgIpc) is 3.93. The number of para-hydroxylation sites is 4. The molecule has 382 valence electrons. The molecule has 3 aromatic heterocycles. The summed E-state index contributed by atoms with van der Waals surface area (Å²) >= 11 is 0. The Morgan fingerprint density at radius 3 is 1.08 bits per heavy atom. The van der Waals surface area contributed by atoms with Gasteiger partial charge in [0.15, 0.2) is 17.5 Å². The Morgan fingerprint density at radius 2 is 0.632 bits per heavy atom. The van der Waals surface area contributed by atoms with Crippen molar-refractivity contribution in [3.05, 3.63) is 198 Å². The molecule has 0 bridgehead atoms. The molecule has 0 radical (unpaired) electrons. The highest BCUT2D eigenvalue weighted by atomic mass is 15.1. The highest BCUT2D eigenvalue weighted by molar-refractivity contribution is 6.11. The first-order chi connectivity index (χ1) is 35.8. The van der Waals surface area contributed by atoms with Crippen molar-refractivity contribution in [2.24, 2.45) is 0 Å². The van der Waals surface area contributed by atoms with Crippen molar-refractivity contribution in [3.8, 4) is 56.7 Å². The van der Waals surface area contributed by atoms with E-state index in [0.717, 1.165) is 50.2 Å². The zero-order chi connectivity index (χ0) is 53.9. The summed E-state index contributed by atoms with van der Waals surface area (Å²) in [6.07, 6.45) is 0. The van der Waals surface area contributed by atoms with E-state index in [0.29, 0.717) is 17.5 Å². The lowest BCUT2D eigenvalue weighted by Gasteiger charge is -2.26. The van der Waals surface area contributed by atoms with Gasteiger partial charge in [-0.2, -0.15) is 0 Å². The monoisotopic (exact) mass is 996 g/mol. The van der Waals surface area contributed by atoms with E-state index in [2.05, 4.69) is 283 Å². The second-order valence-electron chi connectivity index (χ2n) is 26.4. The first-order valence-electron chi connectivity index (χ1n) is 27.2. The van der Waals surface area contributed by atoms with Gasteiger partial charge in [0.05, 0.1) is 33.4 Å². The van der Waals surface area contributed by atoms with Gasteiger partial charge in [0.2, 0.25) is 0 Å². The van der Waals surface area contributed by atoms with Gasteiger partial charge in [-0.05, 0) is 133 Å². The molecule has 11 aromatic rings. The molecule has 0 fully saturated rings. The first-order valence-corrected chi connectivity index (χ1v) is 27.2. The van der Waals surface area contributed by atoms with Gasteiger partial charge < -0.3 is 9.13 Å². The van der Waals surface area contributed by atoms with Crippen molar-refractivity contribution in [2.45, 2.75) is 131 Å². The number of benzene rings is 8. The summed E-state index contributed by atoms with van der Waals surface area (Å²) in [5.74, 6) is 1.91. The van der Waals surface area contributed by atoms with Gasteiger partial charge in [-0.25, -0.2) is 15.0 Å². The summed E-state index contributed by atoms with van der Waals surface area (Å²) < 4.78 is 4.87. The van der Waals surface area contributed by atoms with Crippen LogP contribution < -0.4 is 0 Å². The van der Waals surface area contributed by atoms with Crippen LogP contribution in [-0.4, -0.2) is 24.1 Å². The molecule has 0 atom stereocenters. The number of hydrogen-bond donors (Lipinski definition) is 0. The third kappa shape index (κ3) is 9.12. The van der Waals surface area contributed by atoms with Crippen LogP contribution in [0.5, 0.6) is 0 Å². The average molecular weight is 996 g/mol. The summed E-state index contributed by atoms with van der Waals surface area (Å²) in [4.78, 5) is 16.9. The van der Waals surface area contributed by atoms with Gasteiger partial charge in [0.1, 0.15) is 0 Å². The molecule has 0 spiro atoms. The summed E-state index contributed by atoms with van der Waals surface area (Å²) in [6, 6.07) is 63.1. The number of nitrogens with zero attached hydrogens (tertiary/aromatic N) is 5. The Balaban J connectivity index is 1.25. The minimum atomic E-state index is -0.117. The molecule has 5 heteroatoms. The fourth-order valence-corrected chi connectivity index (χ4v) is 10.9. The molecule has 0 amide bonds. The van der Waals surface area contributed by atoms with Crippen LogP contribution in [0.1, 0.15) is 132 Å². The lowest BCUT2D eigenvalue weighted by atomic mass is 9.79. The fourth-order valence-electron chi connectivity index (χ4n) is 10.9. The van der Waals surface area contributed by atoms with E-state index < -0.39 is 0 Å². The third-order valence-electron chi connectivity index (χ3n) is 15.5. The van der Waals surface area contributed by atoms with Gasteiger partial charge in [0.25, 0.3) is 0 Å². The largest absolute Gasteiger partial charge is 0.309 e. The third-order valence-corrected chi connectivity index (χ3v) is 15.5. The molecule has 11 rings (SSSR count). The van der Waals surface area contributed by atoms with Crippen LogP contribution in [0.4, 0.5) is 0 Å². The first kappa shape index (κ1) is 50.5. The molecule has 0 aliphatic carbocycles. The predicted molar refractivity (Wildman–Crippen MR) is 324 cm³/mol. The lowest BCUT2D eigenvalue weighted by Crippen LogP contribution is -2.17. The Morgan fingerprint density at radius 1 is 0.263 bits per heavy atom. The van der Waals surface area contributed by atoms with Crippen LogP contribution in [0, 0.1) is 0 Å². The number of aromatic nitrogens is 5. The van der Waals surface area contributed by atoms with Gasteiger partial charge in [-0.1, -0.05) is 201 Å². The standard InChI is InChI=1S/C71H73N5/c1-67(2,3)47-33-35-62-56(43-47)55-27-19-23-31-61(55)75(62)58-28-20-16-24-52(58)44-32-34-63(76-59-29-21-17-25-53(59)54-26-18-22-30-60(54)76)57(40-44)66-73-64(45-36-48(68(4,5)6)41-49(37-45)69(7,8)9)72-65(74-66)46-38-50(70(10,11)12)42-51(39-46)71(13,14)15/h16-43H,1-15H3. The van der Waals surface area contributed by atoms with Crippen LogP contribution in [0.2, 0.25) is 0 Å². The van der Waals surface area contributed by atoms with Gasteiger partial charge in [0, 0.05) is 43.8 Å². The molecule has 0 aliphatic heterocycles. The van der Waals surface area contributed by atoms with Gasteiger partial charge in [-0.15, -0.1) is 0 Å². The van der Waals surface area contributed by atoms with Gasteiger partial charge >= 0.3 is 0 Å². The van der Waals surface area contributed by atoms with E-state index in [-0.39, 0.29) is 27.1 Å². The van der Waals surface area contributed by atoms with Crippen molar-refractivity contribution >= 4 is 43.6 Å². The smallest absolute Gasteiger partial charge is 0.166 e. The van der Waals surface area contributed by atoms with Crippen molar-refractivity contribution in [2.75, 3.05) is 0 Å². The van der Waals surface area contributed by atoms with Crippen LogP contribution in [0.15, 0.2) is 170 Å². The summed E-state index contributed by atoms with van der Waals surface area (Å²) in [5, 5.41) is 4.87. The van der Waals surface area contributed by atoms with Crippen molar-refractivity contribution in [1.29, 1.82) is 0 Å². The topological polar surface area (TPSA) is 48.5 Å². The molecule has 8 aromatic carbocycles. The molecular weight excluding hydrogens is 923 g/mol. The maximum Gasteiger partial charge on any atom is 0.166 e. The molecule has 0 N–H and O–H groups in total. The van der Waals surface area contributed by atoms with Crippen molar-refractivity contribution in [1.82, 2.24) is 24.1 Å². The Bertz CT molecular complexity index is 3860. The minimum Gasteiger partial charge on any atom is -0.309 e. The molecule has 5 nitrogen and oxygen atoms in total. The van der Waals surface area contributed by atoms with Gasteiger partial charge in [-0.3, -0.25) is 0 Å². The van der Waals surface area contributed by atoms with Crippen molar-refractivity contribution < 1.29 is 0 Å². The van der Waals surface area contributed by atoms with Crippen LogP contribution in [-0.2, 0) is 27.1 Å². The molecule has 76 heavy (non-hydrogen) atoms. The Labute approximate surface area is 450 Å². The number of rotatable bonds is 6. The van der Waals surface area contributed by atoms with E-state index in [1.165, 1.54) is 60.4 Å². The predicted octanol–water partition coefficient (Wildman–Crippen LogP) is 19.2. The summed E-state index contributed by atoms with van der Waals surface area (Å²) in [7, 11) is 0. The second-order valence-corrected chi connectivity index (χ2v) is 26.4. The minimum absolute atomic E-state index is 0.00706. The highest BCUT2D eigenvalue weighted by Crippen LogP contribution is 2.43. The molecule has 3 heterocycles. The van der Waals surface area contributed by atoms with Crippen molar-refractivity contribution in [3.63, 3.8) is 0 Å². The fraction of sp³-hybridized carbons (Fsp3) is 0.282. The summed E-state index contributed by atoms with van der Waals surface area (Å²) in [5.41, 5.74) is 17.5. The van der Waals surface area contributed by atoms with E-state index in [9.17, 15) is 0 Å². The quantitative estimate of drug-likeness (QED) is 0.167. The Kier molecular flexibility index (Phi) is 12.0. The zero-order valence-corrected chi connectivity index (χ0v) is 47.4. The normalized spacial score (nSPS) is 12.9. The molecular formula is C71H73N5. The van der Waals surface area contributed by atoms with E-state index in [1.807, 2.05) is 0 Å². The lowest BCUT2D eigenvalue weighted by molar-refractivity contribution is 0.568. The molecule has 0 unspecified atom stereocenters. The Hall–Kier alpha value is -7.63. The summed E-state index contributed by atoms with van der Waals surface area (Å²) in [6.45, 7) is 34.4. The number of hydrogen-bond acceptors (Lipinski definition) is 3. The van der Waals surface area contributed by atoms with E-state index >= 15 is 0 Å². The molecule has 0 aliphatic rings. The van der Waals surface area contributed by atoms with Crippen LogP contribution in [0.3, 0.4) is 0 Å². The molecule has 0 saturated carbocycles. The maximum absolute atomic E-state index is 5.69. The van der Waals surface area contributed by atoms with Crippen LogP contribution in [0.25, 0.3) is 100 Å². The SMILES string of the molecule is CC(C)(C)c1cc(-c2nc(-c3cc(C(C)(C)C)cc(C(C)(C)C)c3)nc(-c3cc(-c4ccccc4-n4c5ccccc5c5cc(C(C)(C)C)ccc54)ccc3-n3c4ccccc4c4ccccc43)n2)cc(C(C)(C)C)c1. The highest BCUT2D eigenvalue weighted by Gasteiger charge is 2.28.